The predicted molar refractivity (Wildman–Crippen MR) is 154 cm³/mol. The van der Waals surface area contributed by atoms with Crippen LogP contribution in [0.1, 0.15) is 56.0 Å². The maximum absolute atomic E-state index is 12.4. The highest BCUT2D eigenvalue weighted by Crippen LogP contribution is 2.37. The smallest absolute Gasteiger partial charge is 0.279 e. The van der Waals surface area contributed by atoms with Gasteiger partial charge in [0.25, 0.3) is 17.7 Å². The number of imide groups is 1. The van der Waals surface area contributed by atoms with Gasteiger partial charge in [-0.2, -0.15) is 4.28 Å². The van der Waals surface area contributed by atoms with Crippen molar-refractivity contribution >= 4 is 29.8 Å². The summed E-state index contributed by atoms with van der Waals surface area (Å²) in [7, 11) is 3.05. The molecule has 0 fully saturated rings. The van der Waals surface area contributed by atoms with Gasteiger partial charge in [0.1, 0.15) is 23.0 Å². The van der Waals surface area contributed by atoms with E-state index in [2.05, 4.69) is 13.8 Å². The van der Waals surface area contributed by atoms with Crippen molar-refractivity contribution < 1.29 is 28.1 Å². The van der Waals surface area contributed by atoms with E-state index in [1.807, 2.05) is 60.7 Å². The molecule has 0 bridgehead atoms. The number of benzene rings is 4. The fraction of sp³-hybridized carbons (Fsp3) is 0.156. The van der Waals surface area contributed by atoms with E-state index in [1.54, 1.807) is 31.3 Å². The van der Waals surface area contributed by atoms with Crippen molar-refractivity contribution in [3.05, 3.63) is 113 Å². The van der Waals surface area contributed by atoms with Gasteiger partial charge in [0.15, 0.2) is 0 Å². The SMILES string of the molecule is CN1OSc2ccc(Oc3ccc(C(C)(C)c4ccc(Oc5ccc6c(c5)C(=O)N(C)C6=O)cc4)cc3)cc2C1=O. The number of rotatable bonds is 6. The van der Waals surface area contributed by atoms with Crippen molar-refractivity contribution in [2.24, 2.45) is 0 Å². The number of hydrogen-bond acceptors (Lipinski definition) is 7. The average molecular weight is 567 g/mol. The zero-order valence-electron chi connectivity index (χ0n) is 22.8. The van der Waals surface area contributed by atoms with Gasteiger partial charge in [0, 0.05) is 19.5 Å². The molecule has 4 aromatic carbocycles. The molecule has 0 saturated heterocycles. The number of amides is 3. The molecule has 6 rings (SSSR count). The Bertz CT molecular complexity index is 1700. The molecule has 0 unspecified atom stereocenters. The minimum Gasteiger partial charge on any atom is -0.457 e. The van der Waals surface area contributed by atoms with Gasteiger partial charge >= 0.3 is 0 Å². The molecule has 0 atom stereocenters. The van der Waals surface area contributed by atoms with Crippen LogP contribution in [0.25, 0.3) is 0 Å². The summed E-state index contributed by atoms with van der Waals surface area (Å²) in [4.78, 5) is 38.7. The number of ether oxygens (including phenoxy) is 2. The lowest BCUT2D eigenvalue weighted by atomic mass is 9.78. The van der Waals surface area contributed by atoms with Crippen LogP contribution in [0.5, 0.6) is 23.0 Å². The van der Waals surface area contributed by atoms with Crippen LogP contribution in [-0.4, -0.2) is 41.8 Å². The highest BCUT2D eigenvalue weighted by molar-refractivity contribution is 7.94. The van der Waals surface area contributed by atoms with E-state index < -0.39 is 0 Å². The summed E-state index contributed by atoms with van der Waals surface area (Å²) in [5, 5.41) is 1.20. The van der Waals surface area contributed by atoms with Gasteiger partial charge in [-0.15, -0.1) is 0 Å². The molecule has 206 valence electrons. The molecule has 0 saturated carbocycles. The van der Waals surface area contributed by atoms with E-state index in [4.69, 9.17) is 13.8 Å². The first-order chi connectivity index (χ1) is 19.6. The fourth-order valence-corrected chi connectivity index (χ4v) is 5.45. The molecule has 3 amide bonds. The minimum absolute atomic E-state index is 0.218. The highest BCUT2D eigenvalue weighted by atomic mass is 32.2. The van der Waals surface area contributed by atoms with Gasteiger partial charge in [-0.3, -0.25) is 19.3 Å². The van der Waals surface area contributed by atoms with Crippen molar-refractivity contribution in [3.63, 3.8) is 0 Å². The maximum Gasteiger partial charge on any atom is 0.279 e. The van der Waals surface area contributed by atoms with Gasteiger partial charge in [-0.25, -0.2) is 5.06 Å². The Morgan fingerprint density at radius 2 is 1.10 bits per heavy atom. The predicted octanol–water partition coefficient (Wildman–Crippen LogP) is 6.85. The summed E-state index contributed by atoms with van der Waals surface area (Å²) in [6.07, 6.45) is 0. The molecule has 0 radical (unpaired) electrons. The van der Waals surface area contributed by atoms with E-state index in [9.17, 15) is 14.4 Å². The third kappa shape index (κ3) is 4.83. The molecule has 2 heterocycles. The van der Waals surface area contributed by atoms with Crippen LogP contribution in [0.2, 0.25) is 0 Å². The van der Waals surface area contributed by atoms with Crippen LogP contribution in [0.15, 0.2) is 89.8 Å². The lowest BCUT2D eigenvalue weighted by molar-refractivity contribution is -0.00194. The van der Waals surface area contributed by atoms with Gasteiger partial charge in [0.2, 0.25) is 0 Å². The lowest BCUT2D eigenvalue weighted by Crippen LogP contribution is -2.28. The van der Waals surface area contributed by atoms with Crippen molar-refractivity contribution in [3.8, 4) is 23.0 Å². The highest BCUT2D eigenvalue weighted by Gasteiger charge is 2.33. The third-order valence-electron chi connectivity index (χ3n) is 7.39. The number of hydrogen-bond donors (Lipinski definition) is 0. The Morgan fingerprint density at radius 1 is 0.610 bits per heavy atom. The van der Waals surface area contributed by atoms with Crippen LogP contribution in [0, 0.1) is 0 Å². The molecule has 0 spiro atoms. The summed E-state index contributed by atoms with van der Waals surface area (Å²) in [5.74, 6) is 1.49. The number of hydroxylamine groups is 2. The number of carbonyl (C=O) groups excluding carboxylic acids is 3. The van der Waals surface area contributed by atoms with E-state index >= 15 is 0 Å². The minimum atomic E-state index is -0.330. The average Bonchev–Trinajstić information content (AvgIpc) is 3.19. The van der Waals surface area contributed by atoms with Crippen LogP contribution in [-0.2, 0) is 9.70 Å². The summed E-state index contributed by atoms with van der Waals surface area (Å²) in [5.41, 5.74) is 3.16. The summed E-state index contributed by atoms with van der Waals surface area (Å²) < 4.78 is 17.3. The molecule has 4 aromatic rings. The summed E-state index contributed by atoms with van der Waals surface area (Å²) in [6, 6.07) is 26.0. The second-order valence-electron chi connectivity index (χ2n) is 10.4. The zero-order chi connectivity index (χ0) is 28.9. The molecule has 0 N–H and O–H groups in total. The van der Waals surface area contributed by atoms with Crippen LogP contribution in [0.3, 0.4) is 0 Å². The summed E-state index contributed by atoms with van der Waals surface area (Å²) in [6.45, 7) is 4.29. The van der Waals surface area contributed by atoms with Crippen molar-refractivity contribution in [1.82, 2.24) is 9.96 Å². The number of nitrogens with zero attached hydrogens (tertiary/aromatic N) is 2. The Balaban J connectivity index is 1.15. The zero-order valence-corrected chi connectivity index (χ0v) is 23.7. The molecular formula is C32H26N2O6S. The first kappa shape index (κ1) is 26.6. The van der Waals surface area contributed by atoms with Gasteiger partial charge in [-0.1, -0.05) is 38.1 Å². The molecule has 0 aromatic heterocycles. The third-order valence-corrected chi connectivity index (χ3v) is 8.22. The molecule has 9 heteroatoms. The van der Waals surface area contributed by atoms with E-state index in [-0.39, 0.29) is 23.1 Å². The second-order valence-corrected chi connectivity index (χ2v) is 11.1. The topological polar surface area (TPSA) is 85.4 Å². The Labute approximate surface area is 241 Å². The largest absolute Gasteiger partial charge is 0.457 e. The summed E-state index contributed by atoms with van der Waals surface area (Å²) >= 11 is 1.14. The van der Waals surface area contributed by atoms with Gasteiger partial charge < -0.3 is 9.47 Å². The molecular weight excluding hydrogens is 540 g/mol. The van der Waals surface area contributed by atoms with Crippen LogP contribution >= 0.6 is 12.0 Å². The van der Waals surface area contributed by atoms with Gasteiger partial charge in [-0.05, 0) is 71.8 Å². The monoisotopic (exact) mass is 566 g/mol. The molecule has 41 heavy (non-hydrogen) atoms. The molecule has 2 aliphatic heterocycles. The number of fused-ring (bicyclic) bond motifs is 2. The first-order valence-corrected chi connectivity index (χ1v) is 13.7. The lowest BCUT2D eigenvalue weighted by Gasteiger charge is -2.26. The molecule has 2 aliphatic rings. The molecule has 8 nitrogen and oxygen atoms in total. The van der Waals surface area contributed by atoms with Crippen molar-refractivity contribution in [2.45, 2.75) is 24.2 Å². The standard InChI is InChI=1S/C32H26N2O6S/c1-32(2,19-5-9-21(10-6-19)38-23-13-15-25-26(17-23)30(36)33(3)29(25)35)20-7-11-22(12-8-20)39-24-14-16-28-27(18-24)31(37)34(4)40-41-28/h5-18H,1-4H3. The second kappa shape index (κ2) is 10.1. The van der Waals surface area contributed by atoms with Gasteiger partial charge in [0.05, 0.1) is 33.6 Å². The van der Waals surface area contributed by atoms with Crippen molar-refractivity contribution in [2.75, 3.05) is 14.1 Å². The first-order valence-electron chi connectivity index (χ1n) is 12.9. The van der Waals surface area contributed by atoms with Crippen LogP contribution in [0.4, 0.5) is 0 Å². The van der Waals surface area contributed by atoms with E-state index in [0.29, 0.717) is 39.7 Å². The Morgan fingerprint density at radius 3 is 1.68 bits per heavy atom. The number of carbonyl (C=O) groups is 3. The fourth-order valence-electron chi connectivity index (χ4n) is 4.83. The van der Waals surface area contributed by atoms with Crippen LogP contribution < -0.4 is 9.47 Å². The maximum atomic E-state index is 12.4. The van der Waals surface area contributed by atoms with E-state index in [0.717, 1.165) is 33.0 Å². The Hall–Kier alpha value is -4.60. The van der Waals surface area contributed by atoms with E-state index in [1.165, 1.54) is 12.1 Å². The quantitative estimate of drug-likeness (QED) is 0.186. The molecule has 0 aliphatic carbocycles. The normalized spacial score (nSPS) is 14.7. The van der Waals surface area contributed by atoms with Crippen molar-refractivity contribution in [1.29, 1.82) is 0 Å². The Kier molecular flexibility index (Phi) is 6.56.